The molecule has 1 aliphatic rings. The third-order valence-corrected chi connectivity index (χ3v) is 4.25. The van der Waals surface area contributed by atoms with Crippen LogP contribution in [0.25, 0.3) is 0 Å². The fourth-order valence-electron chi connectivity index (χ4n) is 2.51. The van der Waals surface area contributed by atoms with Crippen molar-refractivity contribution in [3.05, 3.63) is 29.3 Å². The van der Waals surface area contributed by atoms with E-state index in [-0.39, 0.29) is 11.4 Å². The first-order chi connectivity index (χ1) is 11.2. The van der Waals surface area contributed by atoms with E-state index in [9.17, 15) is 4.79 Å². The molecule has 1 amide bonds. The van der Waals surface area contributed by atoms with E-state index in [2.05, 4.69) is 20.4 Å². The minimum absolute atomic E-state index is 0.0674. The molecule has 1 aromatic carbocycles. The quantitative estimate of drug-likeness (QED) is 0.803. The van der Waals surface area contributed by atoms with E-state index in [0.29, 0.717) is 16.7 Å². The van der Waals surface area contributed by atoms with Crippen LogP contribution in [-0.2, 0) is 4.79 Å². The van der Waals surface area contributed by atoms with Gasteiger partial charge in [0.05, 0.1) is 6.54 Å². The van der Waals surface area contributed by atoms with Crippen molar-refractivity contribution < 1.29 is 4.79 Å². The molecule has 0 spiro atoms. The van der Waals surface area contributed by atoms with Crippen molar-refractivity contribution in [2.75, 3.05) is 38.0 Å². The number of carbonyl (C=O) groups excluding carboxylic acids is 1. The van der Waals surface area contributed by atoms with Crippen LogP contribution in [0.4, 0.5) is 5.69 Å². The van der Waals surface area contributed by atoms with E-state index < -0.39 is 0 Å². The van der Waals surface area contributed by atoms with Crippen LogP contribution in [0.2, 0.25) is 5.02 Å². The Bertz CT molecular complexity index is 577. The molecule has 0 bridgehead atoms. The van der Waals surface area contributed by atoms with Crippen molar-refractivity contribution in [1.82, 2.24) is 15.1 Å². The number of carbonyl (C=O) groups is 1. The summed E-state index contributed by atoms with van der Waals surface area (Å²) in [7, 11) is 0. The van der Waals surface area contributed by atoms with E-state index >= 15 is 0 Å². The fraction of sp³-hybridized carbons (Fsp3) is 0.529. The van der Waals surface area contributed by atoms with E-state index in [1.165, 1.54) is 0 Å². The topological polar surface area (TPSA) is 47.6 Å². The predicted molar refractivity (Wildman–Crippen MR) is 104 cm³/mol. The van der Waals surface area contributed by atoms with Crippen molar-refractivity contribution in [3.8, 4) is 0 Å². The van der Waals surface area contributed by atoms with Crippen molar-refractivity contribution in [1.29, 1.82) is 0 Å². The lowest BCUT2D eigenvalue weighted by atomic mass is 10.1. The second-order valence-corrected chi connectivity index (χ2v) is 7.82. The van der Waals surface area contributed by atoms with Crippen molar-refractivity contribution >= 4 is 40.5 Å². The second-order valence-electron chi connectivity index (χ2n) is 7.00. The van der Waals surface area contributed by atoms with Crippen LogP contribution in [0.5, 0.6) is 0 Å². The summed E-state index contributed by atoms with van der Waals surface area (Å²) in [6.45, 7) is 9.66. The Balaban J connectivity index is 1.76. The van der Waals surface area contributed by atoms with Crippen LogP contribution in [0, 0.1) is 0 Å². The minimum Gasteiger partial charge on any atom is -0.350 e. The maximum atomic E-state index is 12.0. The molecule has 0 aliphatic carbocycles. The van der Waals surface area contributed by atoms with Gasteiger partial charge in [-0.05, 0) is 57.3 Å². The fourth-order valence-corrected chi connectivity index (χ4v) is 2.93. The Labute approximate surface area is 154 Å². The molecule has 1 aromatic rings. The van der Waals surface area contributed by atoms with Gasteiger partial charge in [0.1, 0.15) is 0 Å². The Kier molecular flexibility index (Phi) is 6.43. The van der Waals surface area contributed by atoms with E-state index in [0.717, 1.165) is 31.9 Å². The molecule has 1 fully saturated rings. The van der Waals surface area contributed by atoms with Gasteiger partial charge in [0.2, 0.25) is 5.91 Å². The highest BCUT2D eigenvalue weighted by atomic mass is 35.5. The molecule has 5 nitrogen and oxygen atoms in total. The zero-order chi connectivity index (χ0) is 17.7. The third-order valence-electron chi connectivity index (χ3n) is 3.64. The average molecular weight is 369 g/mol. The van der Waals surface area contributed by atoms with Gasteiger partial charge < -0.3 is 15.5 Å². The number of benzene rings is 1. The largest absolute Gasteiger partial charge is 0.350 e. The van der Waals surface area contributed by atoms with E-state index in [1.807, 2.05) is 45.0 Å². The van der Waals surface area contributed by atoms with Gasteiger partial charge in [0, 0.05) is 42.4 Å². The number of hydrogen-bond acceptors (Lipinski definition) is 3. The monoisotopic (exact) mass is 368 g/mol. The van der Waals surface area contributed by atoms with Crippen molar-refractivity contribution in [2.45, 2.75) is 26.3 Å². The summed E-state index contributed by atoms with van der Waals surface area (Å²) in [6.07, 6.45) is 0. The molecule has 0 unspecified atom stereocenters. The number of halogens is 1. The van der Waals surface area contributed by atoms with Gasteiger partial charge in [-0.25, -0.2) is 0 Å². The van der Waals surface area contributed by atoms with Crippen LogP contribution in [0.15, 0.2) is 24.3 Å². The van der Waals surface area contributed by atoms with Gasteiger partial charge in [-0.15, -0.1) is 0 Å². The van der Waals surface area contributed by atoms with Gasteiger partial charge in [-0.1, -0.05) is 11.6 Å². The number of nitrogens with zero attached hydrogens (tertiary/aromatic N) is 2. The highest BCUT2D eigenvalue weighted by Crippen LogP contribution is 2.14. The molecule has 0 atom stereocenters. The Morgan fingerprint density at radius 2 is 1.75 bits per heavy atom. The Morgan fingerprint density at radius 3 is 2.29 bits per heavy atom. The van der Waals surface area contributed by atoms with Gasteiger partial charge in [0.15, 0.2) is 5.11 Å². The van der Waals surface area contributed by atoms with Gasteiger partial charge in [-0.3, -0.25) is 9.69 Å². The average Bonchev–Trinajstić information content (AvgIpc) is 2.48. The number of anilines is 1. The maximum absolute atomic E-state index is 12.0. The van der Waals surface area contributed by atoms with Gasteiger partial charge >= 0.3 is 0 Å². The molecule has 1 saturated heterocycles. The minimum atomic E-state index is -0.191. The smallest absolute Gasteiger partial charge is 0.234 e. The van der Waals surface area contributed by atoms with Crippen LogP contribution < -0.4 is 10.6 Å². The number of hydrogen-bond donors (Lipinski definition) is 2. The molecule has 1 aliphatic heterocycles. The summed E-state index contributed by atoms with van der Waals surface area (Å²) in [6, 6.07) is 7.47. The first kappa shape index (κ1) is 19.0. The first-order valence-corrected chi connectivity index (χ1v) is 8.86. The number of thiocarbonyl (C=S) groups is 1. The standard InChI is InChI=1S/C17H25ClN4OS/c1-17(2,3)20-15(23)12-21-8-10-22(11-9-21)16(24)19-14-6-4-13(18)5-7-14/h4-7H,8-12H2,1-3H3,(H,19,24)(H,20,23). The first-order valence-electron chi connectivity index (χ1n) is 8.08. The molecule has 1 heterocycles. The summed E-state index contributed by atoms with van der Waals surface area (Å²) < 4.78 is 0. The van der Waals surface area contributed by atoms with Crippen LogP contribution >= 0.6 is 23.8 Å². The molecular formula is C17H25ClN4OS. The Morgan fingerprint density at radius 1 is 1.17 bits per heavy atom. The number of amides is 1. The molecule has 0 saturated carbocycles. The molecule has 2 rings (SSSR count). The zero-order valence-corrected chi connectivity index (χ0v) is 16.0. The maximum Gasteiger partial charge on any atom is 0.234 e. The summed E-state index contributed by atoms with van der Waals surface area (Å²) >= 11 is 11.4. The second kappa shape index (κ2) is 8.14. The lowest BCUT2D eigenvalue weighted by Crippen LogP contribution is -2.53. The van der Waals surface area contributed by atoms with Crippen LogP contribution in [0.1, 0.15) is 20.8 Å². The zero-order valence-electron chi connectivity index (χ0n) is 14.4. The number of piperazine rings is 1. The van der Waals surface area contributed by atoms with Crippen LogP contribution in [-0.4, -0.2) is 59.1 Å². The third kappa shape index (κ3) is 6.26. The summed E-state index contributed by atoms with van der Waals surface area (Å²) in [5.41, 5.74) is 0.736. The lowest BCUT2D eigenvalue weighted by molar-refractivity contribution is -0.123. The molecule has 7 heteroatoms. The van der Waals surface area contributed by atoms with Gasteiger partial charge in [0.25, 0.3) is 0 Å². The molecule has 0 radical (unpaired) electrons. The molecule has 24 heavy (non-hydrogen) atoms. The Hall–Kier alpha value is -1.37. The molecule has 2 N–H and O–H groups in total. The van der Waals surface area contributed by atoms with Crippen molar-refractivity contribution in [3.63, 3.8) is 0 Å². The normalized spacial score (nSPS) is 15.9. The molecular weight excluding hydrogens is 344 g/mol. The summed E-state index contributed by atoms with van der Waals surface area (Å²) in [4.78, 5) is 16.3. The highest BCUT2D eigenvalue weighted by Gasteiger charge is 2.22. The molecule has 0 aromatic heterocycles. The SMILES string of the molecule is CC(C)(C)NC(=O)CN1CCN(C(=S)Nc2ccc(Cl)cc2)CC1. The number of nitrogens with one attached hydrogen (secondary N) is 2. The van der Waals surface area contributed by atoms with Crippen molar-refractivity contribution in [2.24, 2.45) is 0 Å². The van der Waals surface area contributed by atoms with E-state index in [1.54, 1.807) is 0 Å². The van der Waals surface area contributed by atoms with Gasteiger partial charge in [-0.2, -0.15) is 0 Å². The summed E-state index contributed by atoms with van der Waals surface area (Å²) in [5.74, 6) is 0.0674. The van der Waals surface area contributed by atoms with Crippen LogP contribution in [0.3, 0.4) is 0 Å². The van der Waals surface area contributed by atoms with E-state index in [4.69, 9.17) is 23.8 Å². The predicted octanol–water partition coefficient (Wildman–Crippen LogP) is 2.57. The highest BCUT2D eigenvalue weighted by molar-refractivity contribution is 7.80. The number of rotatable bonds is 3. The summed E-state index contributed by atoms with van der Waals surface area (Å²) in [5, 5.41) is 7.63. The lowest BCUT2D eigenvalue weighted by Gasteiger charge is -2.36. The molecule has 132 valence electrons.